The van der Waals surface area contributed by atoms with Crippen LogP contribution >= 0.6 is 12.4 Å². The fourth-order valence-electron chi connectivity index (χ4n) is 2.12. The zero-order chi connectivity index (χ0) is 16.7. The molecule has 0 atom stereocenters. The van der Waals surface area contributed by atoms with Crippen molar-refractivity contribution >= 4 is 29.9 Å². The van der Waals surface area contributed by atoms with E-state index < -0.39 is 0 Å². The third-order valence-corrected chi connectivity index (χ3v) is 3.22. The van der Waals surface area contributed by atoms with Gasteiger partial charge in [-0.15, -0.1) is 12.4 Å². The number of methoxy groups -OCH3 is 1. The molecule has 2 amide bonds. The maximum atomic E-state index is 11.9. The van der Waals surface area contributed by atoms with Crippen LogP contribution in [-0.2, 0) is 11.2 Å². The van der Waals surface area contributed by atoms with Crippen molar-refractivity contribution < 1.29 is 14.3 Å². The van der Waals surface area contributed by atoms with E-state index in [0.717, 1.165) is 5.56 Å². The zero-order valence-corrected chi connectivity index (χ0v) is 14.4. The van der Waals surface area contributed by atoms with Crippen molar-refractivity contribution in [2.24, 2.45) is 0 Å². The Morgan fingerprint density at radius 2 is 1.88 bits per heavy atom. The minimum absolute atomic E-state index is 0. The monoisotopic (exact) mass is 349 g/mol. The van der Waals surface area contributed by atoms with Crippen LogP contribution in [0.25, 0.3) is 0 Å². The summed E-state index contributed by atoms with van der Waals surface area (Å²) in [6.07, 6.45) is 3.81. The molecule has 0 spiro atoms. The summed E-state index contributed by atoms with van der Waals surface area (Å²) < 4.78 is 5.21. The molecule has 6 nitrogen and oxygen atoms in total. The minimum Gasteiger partial charge on any atom is -0.495 e. The highest BCUT2D eigenvalue weighted by atomic mass is 35.5. The summed E-state index contributed by atoms with van der Waals surface area (Å²) in [6.45, 7) is 1.94. The Balaban J connectivity index is 0.00000288. The quantitative estimate of drug-likeness (QED) is 0.839. The predicted octanol–water partition coefficient (Wildman–Crippen LogP) is 2.44. The van der Waals surface area contributed by atoms with Crippen LogP contribution in [0.4, 0.5) is 5.69 Å². The maximum absolute atomic E-state index is 11.9. The molecule has 7 heteroatoms. The van der Waals surface area contributed by atoms with Gasteiger partial charge >= 0.3 is 0 Å². The number of benzene rings is 1. The molecule has 1 aromatic heterocycles. The second kappa shape index (κ2) is 9.52. The van der Waals surface area contributed by atoms with E-state index in [-0.39, 0.29) is 24.2 Å². The van der Waals surface area contributed by atoms with Gasteiger partial charge < -0.3 is 15.4 Å². The summed E-state index contributed by atoms with van der Waals surface area (Å²) in [7, 11) is 1.55. The fraction of sp³-hybridized carbons (Fsp3) is 0.235. The molecule has 0 aliphatic rings. The molecule has 0 radical (unpaired) electrons. The predicted molar refractivity (Wildman–Crippen MR) is 94.8 cm³/mol. The van der Waals surface area contributed by atoms with Gasteiger partial charge in [0, 0.05) is 31.4 Å². The third-order valence-electron chi connectivity index (χ3n) is 3.22. The lowest BCUT2D eigenvalue weighted by atomic mass is 10.1. The number of ether oxygens (including phenoxy) is 1. The first kappa shape index (κ1) is 19.4. The van der Waals surface area contributed by atoms with Crippen LogP contribution in [0.1, 0.15) is 22.8 Å². The highest BCUT2D eigenvalue weighted by Crippen LogP contribution is 2.25. The number of carbonyl (C=O) groups is 2. The molecule has 24 heavy (non-hydrogen) atoms. The number of rotatable bonds is 6. The summed E-state index contributed by atoms with van der Waals surface area (Å²) in [5.41, 5.74) is 2.19. The number of hydrogen-bond donors (Lipinski definition) is 2. The number of halogens is 1. The summed E-state index contributed by atoms with van der Waals surface area (Å²) >= 11 is 0. The molecule has 2 rings (SSSR count). The van der Waals surface area contributed by atoms with Crippen molar-refractivity contribution in [3.05, 3.63) is 53.9 Å². The Morgan fingerprint density at radius 1 is 1.17 bits per heavy atom. The topological polar surface area (TPSA) is 80.3 Å². The van der Waals surface area contributed by atoms with Gasteiger partial charge in [-0.3, -0.25) is 14.6 Å². The Labute approximate surface area is 147 Å². The molecule has 0 saturated carbocycles. The van der Waals surface area contributed by atoms with Gasteiger partial charge in [0.05, 0.1) is 12.8 Å². The zero-order valence-electron chi connectivity index (χ0n) is 13.5. The van der Waals surface area contributed by atoms with E-state index >= 15 is 0 Å². The number of pyridine rings is 1. The molecule has 0 aliphatic carbocycles. The van der Waals surface area contributed by atoms with Crippen molar-refractivity contribution in [3.8, 4) is 5.75 Å². The molecule has 128 valence electrons. The highest BCUT2D eigenvalue weighted by Gasteiger charge is 2.07. The van der Waals surface area contributed by atoms with Crippen LogP contribution in [0, 0.1) is 0 Å². The summed E-state index contributed by atoms with van der Waals surface area (Å²) in [6, 6.07) is 8.88. The normalized spacial score (nSPS) is 9.58. The molecule has 0 fully saturated rings. The van der Waals surface area contributed by atoms with E-state index in [1.54, 1.807) is 37.7 Å². The average Bonchev–Trinajstić information content (AvgIpc) is 2.55. The van der Waals surface area contributed by atoms with Crippen molar-refractivity contribution in [3.63, 3.8) is 0 Å². The number of aromatic nitrogens is 1. The van der Waals surface area contributed by atoms with E-state index in [9.17, 15) is 9.59 Å². The van der Waals surface area contributed by atoms with Crippen LogP contribution in [0.3, 0.4) is 0 Å². The van der Waals surface area contributed by atoms with Crippen molar-refractivity contribution in [2.75, 3.05) is 19.0 Å². The van der Waals surface area contributed by atoms with Crippen LogP contribution in [0.5, 0.6) is 5.75 Å². The van der Waals surface area contributed by atoms with Crippen LogP contribution in [-0.4, -0.2) is 30.5 Å². The lowest BCUT2D eigenvalue weighted by Crippen LogP contribution is -2.25. The van der Waals surface area contributed by atoms with Crippen molar-refractivity contribution in [2.45, 2.75) is 13.3 Å². The molecule has 1 heterocycles. The van der Waals surface area contributed by atoms with E-state index in [1.165, 1.54) is 6.92 Å². The van der Waals surface area contributed by atoms with Gasteiger partial charge in [-0.2, -0.15) is 0 Å². The van der Waals surface area contributed by atoms with Gasteiger partial charge in [-0.05, 0) is 36.2 Å². The first-order valence-corrected chi connectivity index (χ1v) is 7.23. The molecule has 0 aliphatic heterocycles. The molecule has 2 N–H and O–H groups in total. The summed E-state index contributed by atoms with van der Waals surface area (Å²) in [4.78, 5) is 27.0. The smallest absolute Gasteiger partial charge is 0.251 e. The van der Waals surface area contributed by atoms with Crippen LogP contribution in [0.15, 0.2) is 42.7 Å². The first-order valence-electron chi connectivity index (χ1n) is 7.23. The number of amides is 2. The van der Waals surface area contributed by atoms with E-state index in [1.807, 2.05) is 12.1 Å². The van der Waals surface area contributed by atoms with Gasteiger partial charge in [-0.1, -0.05) is 6.07 Å². The molecule has 0 bridgehead atoms. The SMILES string of the molecule is COc1ccc(CCNC(=O)c2ccncc2)cc1NC(C)=O.Cl. The number of nitrogens with zero attached hydrogens (tertiary/aromatic N) is 1. The van der Waals surface area contributed by atoms with Gasteiger partial charge in [0.15, 0.2) is 0 Å². The van der Waals surface area contributed by atoms with Crippen molar-refractivity contribution in [1.82, 2.24) is 10.3 Å². The minimum atomic E-state index is -0.161. The van der Waals surface area contributed by atoms with Crippen LogP contribution < -0.4 is 15.4 Å². The Kier molecular flexibility index (Phi) is 7.71. The molecule has 0 unspecified atom stereocenters. The second-order valence-corrected chi connectivity index (χ2v) is 4.96. The lowest BCUT2D eigenvalue weighted by molar-refractivity contribution is -0.114. The Morgan fingerprint density at radius 3 is 2.50 bits per heavy atom. The Bertz CT molecular complexity index is 693. The van der Waals surface area contributed by atoms with Crippen LogP contribution in [0.2, 0.25) is 0 Å². The molecule has 2 aromatic rings. The van der Waals surface area contributed by atoms with Crippen molar-refractivity contribution in [1.29, 1.82) is 0 Å². The van der Waals surface area contributed by atoms with Gasteiger partial charge in [-0.25, -0.2) is 0 Å². The summed E-state index contributed by atoms with van der Waals surface area (Å²) in [5, 5.41) is 5.58. The third kappa shape index (κ3) is 5.55. The lowest BCUT2D eigenvalue weighted by Gasteiger charge is -2.11. The van der Waals surface area contributed by atoms with Gasteiger partial charge in [0.25, 0.3) is 5.91 Å². The van der Waals surface area contributed by atoms with Gasteiger partial charge in [0.1, 0.15) is 5.75 Å². The molecular weight excluding hydrogens is 330 g/mol. The van der Waals surface area contributed by atoms with E-state index in [2.05, 4.69) is 15.6 Å². The first-order chi connectivity index (χ1) is 11.1. The molecular formula is C17H20ClN3O3. The van der Waals surface area contributed by atoms with E-state index in [4.69, 9.17) is 4.74 Å². The maximum Gasteiger partial charge on any atom is 0.251 e. The number of hydrogen-bond acceptors (Lipinski definition) is 4. The largest absolute Gasteiger partial charge is 0.495 e. The highest BCUT2D eigenvalue weighted by molar-refractivity contribution is 5.94. The van der Waals surface area contributed by atoms with E-state index in [0.29, 0.717) is 30.0 Å². The van der Waals surface area contributed by atoms with Gasteiger partial charge in [0.2, 0.25) is 5.91 Å². The number of carbonyl (C=O) groups excluding carboxylic acids is 2. The molecule has 0 saturated heterocycles. The molecule has 1 aromatic carbocycles. The second-order valence-electron chi connectivity index (χ2n) is 4.96. The average molecular weight is 350 g/mol. The standard InChI is InChI=1S/C17H19N3O3.ClH/c1-12(21)20-15-11-13(3-4-16(15)23-2)5-10-19-17(22)14-6-8-18-9-7-14;/h3-4,6-9,11H,5,10H2,1-2H3,(H,19,22)(H,20,21);1H. The number of nitrogens with one attached hydrogen (secondary N) is 2. The Hall–Kier alpha value is -2.60. The fourth-order valence-corrected chi connectivity index (χ4v) is 2.12. The number of anilines is 1. The summed E-state index contributed by atoms with van der Waals surface area (Å²) in [5.74, 6) is 0.305.